The lowest BCUT2D eigenvalue weighted by molar-refractivity contribution is -0.115. The molecule has 2 aromatic carbocycles. The molecule has 2 aromatic rings. The van der Waals surface area contributed by atoms with Crippen molar-refractivity contribution in [2.75, 3.05) is 18.5 Å². The molecule has 132 valence electrons. The number of aliphatic hydroxyl groups excluding tert-OH is 1. The summed E-state index contributed by atoms with van der Waals surface area (Å²) in [6.07, 6.45) is 0. The Hall–Kier alpha value is -1.92. The highest BCUT2D eigenvalue weighted by Crippen LogP contribution is 2.26. The Morgan fingerprint density at radius 3 is 2.52 bits per heavy atom. The molecule has 2 rings (SSSR count). The van der Waals surface area contributed by atoms with Crippen LogP contribution in [0.25, 0.3) is 0 Å². The van der Waals surface area contributed by atoms with Crippen LogP contribution in [-0.4, -0.2) is 36.0 Å². The van der Waals surface area contributed by atoms with Gasteiger partial charge in [0, 0.05) is 22.2 Å². The van der Waals surface area contributed by atoms with Gasteiger partial charge in [0.15, 0.2) is 5.78 Å². The van der Waals surface area contributed by atoms with Crippen molar-refractivity contribution >= 4 is 40.6 Å². The second-order valence-corrected chi connectivity index (χ2v) is 6.36. The highest BCUT2D eigenvalue weighted by Gasteiger charge is 2.18. The predicted octanol–water partition coefficient (Wildman–Crippen LogP) is 3.13. The van der Waals surface area contributed by atoms with Crippen molar-refractivity contribution in [1.82, 2.24) is 5.32 Å². The molecule has 0 bridgehead atoms. The molecule has 0 aromatic heterocycles. The molecule has 0 aliphatic heterocycles. The van der Waals surface area contributed by atoms with Crippen LogP contribution in [0.3, 0.4) is 0 Å². The zero-order chi connectivity index (χ0) is 18.4. The third-order valence-corrected chi connectivity index (χ3v) is 4.07. The number of ketones is 1. The van der Waals surface area contributed by atoms with Crippen LogP contribution in [0.5, 0.6) is 0 Å². The molecule has 0 radical (unpaired) electrons. The molecule has 0 aliphatic carbocycles. The number of hydrogen-bond donors (Lipinski definition) is 3. The van der Waals surface area contributed by atoms with Gasteiger partial charge in [0.25, 0.3) is 0 Å². The van der Waals surface area contributed by atoms with E-state index in [2.05, 4.69) is 10.6 Å². The number of carbonyl (C=O) groups excluding carboxylic acids is 2. The summed E-state index contributed by atoms with van der Waals surface area (Å²) in [5.41, 5.74) is 0.927. The minimum absolute atomic E-state index is 0.00404. The number of nitrogens with one attached hydrogen (secondary N) is 2. The number of amides is 1. The number of carbonyl (C=O) groups is 2. The largest absolute Gasteiger partial charge is 0.395 e. The number of aliphatic hydroxyl groups is 1. The molecular weight excluding hydrogens is 363 g/mol. The molecule has 25 heavy (non-hydrogen) atoms. The van der Waals surface area contributed by atoms with Gasteiger partial charge in [-0.1, -0.05) is 35.3 Å². The summed E-state index contributed by atoms with van der Waals surface area (Å²) in [5.74, 6) is -0.670. The molecule has 0 fully saturated rings. The van der Waals surface area contributed by atoms with Crippen LogP contribution in [0, 0.1) is 0 Å². The summed E-state index contributed by atoms with van der Waals surface area (Å²) in [6, 6.07) is 11.1. The molecule has 3 N–H and O–H groups in total. The summed E-state index contributed by atoms with van der Waals surface area (Å²) >= 11 is 12.1. The lowest BCUT2D eigenvalue weighted by Crippen LogP contribution is -2.36. The Morgan fingerprint density at radius 1 is 1.12 bits per heavy atom. The van der Waals surface area contributed by atoms with Gasteiger partial charge in [0.1, 0.15) is 0 Å². The topological polar surface area (TPSA) is 78.4 Å². The summed E-state index contributed by atoms with van der Waals surface area (Å²) < 4.78 is 0. The van der Waals surface area contributed by atoms with Crippen LogP contribution >= 0.6 is 23.2 Å². The Kier molecular flexibility index (Phi) is 6.96. The molecule has 0 aliphatic rings. The van der Waals surface area contributed by atoms with E-state index in [1.54, 1.807) is 43.3 Å². The zero-order valence-corrected chi connectivity index (χ0v) is 15.1. The number of anilines is 1. The average Bonchev–Trinajstić information content (AvgIpc) is 2.61. The van der Waals surface area contributed by atoms with Crippen molar-refractivity contribution in [2.45, 2.75) is 13.0 Å². The van der Waals surface area contributed by atoms with E-state index in [4.69, 9.17) is 28.3 Å². The fraction of sp³-hybridized carbons (Fsp3) is 0.222. The quantitative estimate of drug-likeness (QED) is 0.644. The second kappa shape index (κ2) is 8.97. The summed E-state index contributed by atoms with van der Waals surface area (Å²) in [6.45, 7) is 1.68. The Labute approximate surface area is 156 Å². The van der Waals surface area contributed by atoms with Gasteiger partial charge in [-0.25, -0.2) is 0 Å². The van der Waals surface area contributed by atoms with Gasteiger partial charge in [-0.05, 0) is 37.3 Å². The molecule has 1 atom stereocenters. The van der Waals surface area contributed by atoms with Crippen molar-refractivity contribution in [3.63, 3.8) is 0 Å². The first kappa shape index (κ1) is 19.4. The lowest BCUT2D eigenvalue weighted by Gasteiger charge is -2.14. The number of halogens is 2. The molecule has 7 heteroatoms. The highest BCUT2D eigenvalue weighted by atomic mass is 35.5. The van der Waals surface area contributed by atoms with Crippen LogP contribution in [-0.2, 0) is 4.79 Å². The van der Waals surface area contributed by atoms with Crippen LogP contribution < -0.4 is 10.6 Å². The molecule has 5 nitrogen and oxygen atoms in total. The maximum atomic E-state index is 12.8. The van der Waals surface area contributed by atoms with Crippen molar-refractivity contribution in [3.05, 3.63) is 63.6 Å². The second-order valence-electron chi connectivity index (χ2n) is 5.51. The van der Waals surface area contributed by atoms with Crippen LogP contribution in [0.4, 0.5) is 5.69 Å². The minimum Gasteiger partial charge on any atom is -0.395 e. The zero-order valence-electron chi connectivity index (χ0n) is 13.6. The van der Waals surface area contributed by atoms with E-state index in [1.807, 2.05) is 0 Å². The standard InChI is InChI=1S/C18H18Cl2N2O3/c1-11(10-23)21-9-17(24)22-16-7-6-12(19)8-14(16)18(25)13-4-2-3-5-15(13)20/h2-8,11,21,23H,9-10H2,1H3,(H,22,24). The summed E-state index contributed by atoms with van der Waals surface area (Å²) in [5, 5.41) is 15.2. The number of rotatable bonds is 7. The van der Waals surface area contributed by atoms with Gasteiger partial charge < -0.3 is 15.7 Å². The van der Waals surface area contributed by atoms with Gasteiger partial charge >= 0.3 is 0 Å². The molecule has 0 saturated carbocycles. The Balaban J connectivity index is 2.24. The molecule has 0 heterocycles. The number of hydrogen-bond acceptors (Lipinski definition) is 4. The fourth-order valence-electron chi connectivity index (χ4n) is 2.13. The summed E-state index contributed by atoms with van der Waals surface area (Å²) in [4.78, 5) is 24.9. The normalized spacial score (nSPS) is 11.8. The Morgan fingerprint density at radius 2 is 1.84 bits per heavy atom. The SMILES string of the molecule is CC(CO)NCC(=O)Nc1ccc(Cl)cc1C(=O)c1ccccc1Cl. The maximum absolute atomic E-state index is 12.8. The first-order chi connectivity index (χ1) is 11.9. The molecular formula is C18H18Cl2N2O3. The van der Waals surface area contributed by atoms with E-state index in [0.717, 1.165) is 0 Å². The van der Waals surface area contributed by atoms with Gasteiger partial charge in [0.2, 0.25) is 5.91 Å². The van der Waals surface area contributed by atoms with E-state index < -0.39 is 0 Å². The Bertz CT molecular complexity index is 781. The van der Waals surface area contributed by atoms with Crippen molar-refractivity contribution in [2.24, 2.45) is 0 Å². The van der Waals surface area contributed by atoms with Crippen molar-refractivity contribution < 1.29 is 14.7 Å². The molecule has 0 saturated heterocycles. The lowest BCUT2D eigenvalue weighted by atomic mass is 10.0. The van der Waals surface area contributed by atoms with Gasteiger partial charge in [-0.3, -0.25) is 9.59 Å². The fourth-order valence-corrected chi connectivity index (χ4v) is 2.52. The third kappa shape index (κ3) is 5.28. The summed E-state index contributed by atoms with van der Waals surface area (Å²) in [7, 11) is 0. The van der Waals surface area contributed by atoms with Crippen LogP contribution in [0.2, 0.25) is 10.0 Å². The molecule has 1 unspecified atom stereocenters. The van der Waals surface area contributed by atoms with Gasteiger partial charge in [-0.15, -0.1) is 0 Å². The van der Waals surface area contributed by atoms with Crippen LogP contribution in [0.15, 0.2) is 42.5 Å². The molecule has 1 amide bonds. The smallest absolute Gasteiger partial charge is 0.238 e. The molecule has 0 spiro atoms. The van der Waals surface area contributed by atoms with E-state index >= 15 is 0 Å². The highest BCUT2D eigenvalue weighted by molar-refractivity contribution is 6.36. The van der Waals surface area contributed by atoms with Gasteiger partial charge in [-0.2, -0.15) is 0 Å². The van der Waals surface area contributed by atoms with E-state index in [1.165, 1.54) is 6.07 Å². The van der Waals surface area contributed by atoms with E-state index in [-0.39, 0.29) is 36.4 Å². The third-order valence-electron chi connectivity index (χ3n) is 3.50. The van der Waals surface area contributed by atoms with Gasteiger partial charge in [0.05, 0.1) is 23.9 Å². The first-order valence-electron chi connectivity index (χ1n) is 7.65. The van der Waals surface area contributed by atoms with Crippen LogP contribution in [0.1, 0.15) is 22.8 Å². The monoisotopic (exact) mass is 380 g/mol. The predicted molar refractivity (Wildman–Crippen MR) is 99.5 cm³/mol. The maximum Gasteiger partial charge on any atom is 0.238 e. The number of benzene rings is 2. The minimum atomic E-state index is -0.337. The van der Waals surface area contributed by atoms with Crippen molar-refractivity contribution in [1.29, 1.82) is 0 Å². The average molecular weight is 381 g/mol. The van der Waals surface area contributed by atoms with Crippen molar-refractivity contribution in [3.8, 4) is 0 Å². The van der Waals surface area contributed by atoms with E-state index in [0.29, 0.717) is 21.3 Å². The van der Waals surface area contributed by atoms with E-state index in [9.17, 15) is 9.59 Å². The first-order valence-corrected chi connectivity index (χ1v) is 8.41.